The molecule has 0 aliphatic rings. The van der Waals surface area contributed by atoms with Gasteiger partial charge in [0.05, 0.1) is 11.0 Å². The number of aliphatic hydroxyl groups is 1. The number of aliphatic hydroxyl groups excluding tert-OH is 1. The van der Waals surface area contributed by atoms with Crippen molar-refractivity contribution in [3.05, 3.63) is 34.1 Å². The third-order valence-corrected chi connectivity index (χ3v) is 2.43. The molecule has 0 saturated carbocycles. The summed E-state index contributed by atoms with van der Waals surface area (Å²) < 4.78 is 18.6. The standard InChI is InChI=1S/C13H19FN2O4/c1-13(2,3)15-7-10(17)8-20-12-5-4-9(16(18)19)6-11(12)14/h4-6,10,15,17H,7-8H2,1-3H3. The van der Waals surface area contributed by atoms with Gasteiger partial charge < -0.3 is 15.2 Å². The minimum absolute atomic E-state index is 0.0994. The van der Waals surface area contributed by atoms with E-state index in [4.69, 9.17) is 4.74 Å². The SMILES string of the molecule is CC(C)(C)NCC(O)COc1ccc([N+](=O)[O-])cc1F. The molecule has 0 radical (unpaired) electrons. The van der Waals surface area contributed by atoms with Gasteiger partial charge in [0.2, 0.25) is 0 Å². The Bertz CT molecular complexity index is 474. The molecule has 2 N–H and O–H groups in total. The summed E-state index contributed by atoms with van der Waals surface area (Å²) in [7, 11) is 0. The Morgan fingerprint density at radius 1 is 1.50 bits per heavy atom. The summed E-state index contributed by atoms with van der Waals surface area (Å²) >= 11 is 0. The second-order valence-corrected chi connectivity index (χ2v) is 5.47. The van der Waals surface area contributed by atoms with Gasteiger partial charge in [-0.05, 0) is 26.8 Å². The van der Waals surface area contributed by atoms with Crippen LogP contribution in [0.3, 0.4) is 0 Å². The minimum Gasteiger partial charge on any atom is -0.488 e. The molecule has 0 aliphatic carbocycles. The van der Waals surface area contributed by atoms with Crippen LogP contribution in [0.2, 0.25) is 0 Å². The Kier molecular flexibility index (Phi) is 5.41. The minimum atomic E-state index is -0.824. The second kappa shape index (κ2) is 6.62. The second-order valence-electron chi connectivity index (χ2n) is 5.47. The summed E-state index contributed by atoms with van der Waals surface area (Å²) in [5.74, 6) is -0.944. The average Bonchev–Trinajstić information content (AvgIpc) is 2.33. The van der Waals surface area contributed by atoms with Crippen LogP contribution < -0.4 is 10.1 Å². The van der Waals surface area contributed by atoms with Crippen molar-refractivity contribution >= 4 is 5.69 Å². The van der Waals surface area contributed by atoms with Crippen LogP contribution in [-0.2, 0) is 0 Å². The highest BCUT2D eigenvalue weighted by Crippen LogP contribution is 2.22. The topological polar surface area (TPSA) is 84.6 Å². The van der Waals surface area contributed by atoms with Gasteiger partial charge in [0.15, 0.2) is 11.6 Å². The highest BCUT2D eigenvalue weighted by Gasteiger charge is 2.15. The molecule has 0 heterocycles. The number of nitro benzene ring substituents is 1. The smallest absolute Gasteiger partial charge is 0.272 e. The highest BCUT2D eigenvalue weighted by molar-refractivity contribution is 5.37. The van der Waals surface area contributed by atoms with Crippen molar-refractivity contribution in [2.24, 2.45) is 0 Å². The predicted octanol–water partition coefficient (Wildman–Crippen LogP) is 1.86. The van der Waals surface area contributed by atoms with Crippen molar-refractivity contribution < 1.29 is 19.2 Å². The Morgan fingerprint density at radius 3 is 2.65 bits per heavy atom. The van der Waals surface area contributed by atoms with Gasteiger partial charge in [-0.3, -0.25) is 10.1 Å². The molecule has 7 heteroatoms. The molecule has 1 rings (SSSR count). The van der Waals surface area contributed by atoms with E-state index in [0.29, 0.717) is 6.54 Å². The molecule has 0 aliphatic heterocycles. The number of benzene rings is 1. The highest BCUT2D eigenvalue weighted by atomic mass is 19.1. The molecule has 0 spiro atoms. The maximum absolute atomic E-state index is 13.5. The summed E-state index contributed by atoms with van der Waals surface area (Å²) in [6.45, 7) is 6.07. The Balaban J connectivity index is 2.51. The molecule has 112 valence electrons. The van der Waals surface area contributed by atoms with Crippen LogP contribution in [0.15, 0.2) is 18.2 Å². The molecule has 20 heavy (non-hydrogen) atoms. The lowest BCUT2D eigenvalue weighted by Gasteiger charge is -2.23. The lowest BCUT2D eigenvalue weighted by atomic mass is 10.1. The van der Waals surface area contributed by atoms with Crippen LogP contribution in [0, 0.1) is 15.9 Å². The number of halogens is 1. The van der Waals surface area contributed by atoms with E-state index in [2.05, 4.69) is 5.32 Å². The van der Waals surface area contributed by atoms with Gasteiger partial charge in [-0.2, -0.15) is 0 Å². The Morgan fingerprint density at radius 2 is 2.15 bits per heavy atom. The predicted molar refractivity (Wildman–Crippen MR) is 72.3 cm³/mol. The molecule has 0 saturated heterocycles. The zero-order chi connectivity index (χ0) is 15.3. The molecule has 0 amide bonds. The third kappa shape index (κ3) is 5.50. The van der Waals surface area contributed by atoms with Crippen molar-refractivity contribution in [1.29, 1.82) is 0 Å². The van der Waals surface area contributed by atoms with Gasteiger partial charge in [0.25, 0.3) is 5.69 Å². The molecule has 0 fully saturated rings. The normalized spacial score (nSPS) is 13.1. The molecular formula is C13H19FN2O4. The Hall–Kier alpha value is -1.73. The first-order valence-corrected chi connectivity index (χ1v) is 6.19. The molecule has 0 aromatic heterocycles. The zero-order valence-corrected chi connectivity index (χ0v) is 11.7. The number of hydrogen-bond acceptors (Lipinski definition) is 5. The van der Waals surface area contributed by atoms with E-state index < -0.39 is 16.8 Å². The largest absolute Gasteiger partial charge is 0.488 e. The van der Waals surface area contributed by atoms with Gasteiger partial charge in [-0.25, -0.2) is 4.39 Å². The number of nitrogens with one attached hydrogen (secondary N) is 1. The van der Waals surface area contributed by atoms with Crippen LogP contribution in [0.5, 0.6) is 5.75 Å². The average molecular weight is 286 g/mol. The van der Waals surface area contributed by atoms with E-state index >= 15 is 0 Å². The molecule has 0 bridgehead atoms. The first-order chi connectivity index (χ1) is 9.19. The van der Waals surface area contributed by atoms with E-state index in [1.54, 1.807) is 0 Å². The lowest BCUT2D eigenvalue weighted by Crippen LogP contribution is -2.42. The molecule has 1 aromatic carbocycles. The summed E-state index contributed by atoms with van der Waals surface area (Å²) in [6, 6.07) is 3.12. The van der Waals surface area contributed by atoms with Crippen molar-refractivity contribution in [2.45, 2.75) is 32.4 Å². The van der Waals surface area contributed by atoms with Crippen molar-refractivity contribution in [3.63, 3.8) is 0 Å². The first-order valence-electron chi connectivity index (χ1n) is 6.19. The van der Waals surface area contributed by atoms with Crippen molar-refractivity contribution in [1.82, 2.24) is 5.32 Å². The lowest BCUT2D eigenvalue weighted by molar-refractivity contribution is -0.385. The fourth-order valence-corrected chi connectivity index (χ4v) is 1.39. The fraction of sp³-hybridized carbons (Fsp3) is 0.538. The maximum atomic E-state index is 13.5. The van der Waals surface area contributed by atoms with E-state index in [-0.39, 0.29) is 23.6 Å². The monoisotopic (exact) mass is 286 g/mol. The van der Waals surface area contributed by atoms with Gasteiger partial charge in [0, 0.05) is 18.2 Å². The summed E-state index contributed by atoms with van der Waals surface area (Å²) in [4.78, 5) is 9.77. The van der Waals surface area contributed by atoms with Crippen LogP contribution in [0.25, 0.3) is 0 Å². The number of hydrogen-bond donors (Lipinski definition) is 2. The van der Waals surface area contributed by atoms with Crippen molar-refractivity contribution in [2.75, 3.05) is 13.2 Å². The van der Waals surface area contributed by atoms with Gasteiger partial charge >= 0.3 is 0 Å². The molecule has 1 unspecified atom stereocenters. The van der Waals surface area contributed by atoms with Gasteiger partial charge in [0.1, 0.15) is 12.7 Å². The van der Waals surface area contributed by atoms with Crippen LogP contribution >= 0.6 is 0 Å². The molecule has 1 aromatic rings. The van der Waals surface area contributed by atoms with Crippen molar-refractivity contribution in [3.8, 4) is 5.75 Å². The van der Waals surface area contributed by atoms with E-state index in [0.717, 1.165) is 12.1 Å². The number of ether oxygens (including phenoxy) is 1. The first kappa shape index (κ1) is 16.3. The third-order valence-electron chi connectivity index (χ3n) is 2.43. The number of β-amino-alcohol motifs (C(OH)–C–C–N with tert-alkyl or cyclic N) is 1. The summed E-state index contributed by atoms with van der Waals surface area (Å²) in [5, 5.41) is 23.2. The van der Waals surface area contributed by atoms with E-state index in [1.807, 2.05) is 20.8 Å². The number of nitro groups is 1. The molecule has 1 atom stereocenters. The number of rotatable bonds is 6. The zero-order valence-electron chi connectivity index (χ0n) is 11.7. The van der Waals surface area contributed by atoms with Crippen LogP contribution in [0.4, 0.5) is 10.1 Å². The fourth-order valence-electron chi connectivity index (χ4n) is 1.39. The quantitative estimate of drug-likeness (QED) is 0.616. The number of nitrogens with zero attached hydrogens (tertiary/aromatic N) is 1. The summed E-state index contributed by atoms with van der Waals surface area (Å²) in [6.07, 6.45) is -0.802. The van der Waals surface area contributed by atoms with E-state index in [1.165, 1.54) is 6.07 Å². The number of non-ortho nitro benzene ring substituents is 1. The van der Waals surface area contributed by atoms with Gasteiger partial charge in [-0.15, -0.1) is 0 Å². The molecule has 6 nitrogen and oxygen atoms in total. The van der Waals surface area contributed by atoms with E-state index in [9.17, 15) is 19.6 Å². The van der Waals surface area contributed by atoms with Crippen LogP contribution in [-0.4, -0.2) is 34.8 Å². The summed E-state index contributed by atoms with van der Waals surface area (Å²) in [5.41, 5.74) is -0.482. The Labute approximate surface area is 116 Å². The maximum Gasteiger partial charge on any atom is 0.272 e. The molecular weight excluding hydrogens is 267 g/mol. The van der Waals surface area contributed by atoms with Gasteiger partial charge in [-0.1, -0.05) is 0 Å². The van der Waals surface area contributed by atoms with Crippen LogP contribution in [0.1, 0.15) is 20.8 Å².